The lowest BCUT2D eigenvalue weighted by atomic mass is 10.1. The lowest BCUT2D eigenvalue weighted by Crippen LogP contribution is -2.33. The summed E-state index contributed by atoms with van der Waals surface area (Å²) in [6.45, 7) is 1.88. The maximum atomic E-state index is 13.3. The van der Waals surface area contributed by atoms with E-state index in [1.165, 1.54) is 6.07 Å². The molecule has 0 unspecified atom stereocenters. The molecule has 0 bridgehead atoms. The Morgan fingerprint density at radius 1 is 1.23 bits per heavy atom. The van der Waals surface area contributed by atoms with Gasteiger partial charge in [-0.15, -0.1) is 0 Å². The number of carbonyl (C=O) groups excluding carboxylic acids is 1. The van der Waals surface area contributed by atoms with E-state index in [1.807, 2.05) is 12.1 Å². The SMILES string of the molecule is C/C(=N\NC(=O)CN[C@@H]1C[C@H]1c1ccc(F)c(F)c1)c1cccc(N)c1. The van der Waals surface area contributed by atoms with E-state index in [4.69, 9.17) is 5.73 Å². The Morgan fingerprint density at radius 3 is 2.77 bits per heavy atom. The highest BCUT2D eigenvalue weighted by Crippen LogP contribution is 2.40. The first-order valence-electron chi connectivity index (χ1n) is 8.31. The van der Waals surface area contributed by atoms with Gasteiger partial charge in [-0.05, 0) is 48.7 Å². The van der Waals surface area contributed by atoms with Crippen LogP contribution in [0.3, 0.4) is 0 Å². The highest BCUT2D eigenvalue weighted by molar-refractivity contribution is 5.99. The molecule has 3 rings (SSSR count). The van der Waals surface area contributed by atoms with Crippen molar-refractivity contribution in [1.82, 2.24) is 10.7 Å². The molecule has 1 amide bonds. The Bertz CT molecular complexity index is 853. The fourth-order valence-electron chi connectivity index (χ4n) is 2.77. The van der Waals surface area contributed by atoms with Crippen molar-refractivity contribution in [1.29, 1.82) is 0 Å². The number of nitrogens with two attached hydrogens (primary N) is 1. The molecule has 1 aliphatic carbocycles. The molecule has 4 N–H and O–H groups in total. The third kappa shape index (κ3) is 4.43. The van der Waals surface area contributed by atoms with Crippen LogP contribution in [0.5, 0.6) is 0 Å². The van der Waals surface area contributed by atoms with E-state index < -0.39 is 11.6 Å². The molecule has 0 aromatic heterocycles. The van der Waals surface area contributed by atoms with Crippen molar-refractivity contribution in [2.75, 3.05) is 12.3 Å². The minimum absolute atomic E-state index is 0.0737. The van der Waals surface area contributed by atoms with Crippen LogP contribution in [0.25, 0.3) is 0 Å². The van der Waals surface area contributed by atoms with Crippen molar-refractivity contribution in [3.05, 3.63) is 65.2 Å². The van der Waals surface area contributed by atoms with E-state index in [9.17, 15) is 13.6 Å². The predicted molar refractivity (Wildman–Crippen MR) is 96.7 cm³/mol. The molecule has 1 aliphatic rings. The topological polar surface area (TPSA) is 79.5 Å². The molecule has 0 spiro atoms. The molecule has 26 heavy (non-hydrogen) atoms. The Labute approximate surface area is 150 Å². The summed E-state index contributed by atoms with van der Waals surface area (Å²) in [6.07, 6.45) is 0.782. The molecule has 2 atom stereocenters. The van der Waals surface area contributed by atoms with Crippen LogP contribution in [-0.4, -0.2) is 24.2 Å². The van der Waals surface area contributed by atoms with Crippen LogP contribution in [0, 0.1) is 11.6 Å². The van der Waals surface area contributed by atoms with Crippen LogP contribution in [-0.2, 0) is 4.79 Å². The van der Waals surface area contributed by atoms with E-state index >= 15 is 0 Å². The molecular weight excluding hydrogens is 338 g/mol. The molecule has 5 nitrogen and oxygen atoms in total. The van der Waals surface area contributed by atoms with Gasteiger partial charge in [0.1, 0.15) is 0 Å². The average molecular weight is 358 g/mol. The average Bonchev–Trinajstić information content (AvgIpc) is 3.40. The number of amides is 1. The predicted octanol–water partition coefficient (Wildman–Crippen LogP) is 2.53. The second kappa shape index (κ2) is 7.61. The summed E-state index contributed by atoms with van der Waals surface area (Å²) in [5.41, 5.74) is 11.1. The zero-order valence-electron chi connectivity index (χ0n) is 14.3. The van der Waals surface area contributed by atoms with Gasteiger partial charge in [0.15, 0.2) is 11.6 Å². The molecule has 0 aliphatic heterocycles. The van der Waals surface area contributed by atoms with Crippen molar-refractivity contribution >= 4 is 17.3 Å². The number of hydrogen-bond donors (Lipinski definition) is 3. The molecule has 7 heteroatoms. The number of hydrogen-bond acceptors (Lipinski definition) is 4. The minimum Gasteiger partial charge on any atom is -0.399 e. The van der Waals surface area contributed by atoms with Crippen molar-refractivity contribution in [2.45, 2.75) is 25.3 Å². The molecule has 0 saturated heterocycles. The van der Waals surface area contributed by atoms with Gasteiger partial charge in [-0.25, -0.2) is 14.2 Å². The molecule has 1 fully saturated rings. The van der Waals surface area contributed by atoms with E-state index in [1.54, 1.807) is 25.1 Å². The van der Waals surface area contributed by atoms with Gasteiger partial charge in [0, 0.05) is 17.6 Å². The highest BCUT2D eigenvalue weighted by atomic mass is 19.2. The van der Waals surface area contributed by atoms with Gasteiger partial charge in [-0.3, -0.25) is 4.79 Å². The van der Waals surface area contributed by atoms with Crippen LogP contribution in [0.1, 0.15) is 30.4 Å². The molecule has 0 heterocycles. The Balaban J connectivity index is 1.46. The Morgan fingerprint density at radius 2 is 2.04 bits per heavy atom. The van der Waals surface area contributed by atoms with Gasteiger partial charge in [-0.1, -0.05) is 18.2 Å². The van der Waals surface area contributed by atoms with E-state index in [-0.39, 0.29) is 24.4 Å². The standard InChI is InChI=1S/C19H20F2N4O/c1-11(12-3-2-4-14(22)7-12)24-25-19(26)10-23-18-9-15(18)13-5-6-16(20)17(21)8-13/h2-8,15,18,23H,9-10,22H2,1H3,(H,25,26)/b24-11+/t15-,18+/m0/s1. The summed E-state index contributed by atoms with van der Waals surface area (Å²) < 4.78 is 26.2. The molecule has 136 valence electrons. The van der Waals surface area contributed by atoms with Gasteiger partial charge in [0.25, 0.3) is 5.91 Å². The third-order valence-electron chi connectivity index (χ3n) is 4.34. The molecule has 2 aromatic carbocycles. The summed E-state index contributed by atoms with van der Waals surface area (Å²) in [6, 6.07) is 11.2. The monoisotopic (exact) mass is 358 g/mol. The molecule has 0 radical (unpaired) electrons. The normalized spacial score (nSPS) is 19.3. The first kappa shape index (κ1) is 18.0. The molecule has 2 aromatic rings. The fraction of sp³-hybridized carbons (Fsp3) is 0.263. The second-order valence-electron chi connectivity index (χ2n) is 6.36. The largest absolute Gasteiger partial charge is 0.399 e. The van der Waals surface area contributed by atoms with Crippen molar-refractivity contribution in [3.63, 3.8) is 0 Å². The summed E-state index contributed by atoms with van der Waals surface area (Å²) in [7, 11) is 0. The summed E-state index contributed by atoms with van der Waals surface area (Å²) in [5.74, 6) is -1.89. The van der Waals surface area contributed by atoms with Crippen molar-refractivity contribution in [3.8, 4) is 0 Å². The van der Waals surface area contributed by atoms with E-state index in [0.29, 0.717) is 11.4 Å². The number of rotatable bonds is 6. The smallest absolute Gasteiger partial charge is 0.254 e. The van der Waals surface area contributed by atoms with Crippen LogP contribution < -0.4 is 16.5 Å². The fourth-order valence-corrected chi connectivity index (χ4v) is 2.77. The van der Waals surface area contributed by atoms with E-state index in [2.05, 4.69) is 15.8 Å². The summed E-state index contributed by atoms with van der Waals surface area (Å²) >= 11 is 0. The highest BCUT2D eigenvalue weighted by Gasteiger charge is 2.38. The van der Waals surface area contributed by atoms with Gasteiger partial charge >= 0.3 is 0 Å². The number of nitrogens with one attached hydrogen (secondary N) is 2. The maximum absolute atomic E-state index is 13.3. The number of anilines is 1. The first-order chi connectivity index (χ1) is 12.4. The van der Waals surface area contributed by atoms with Gasteiger partial charge in [0.2, 0.25) is 0 Å². The Kier molecular flexibility index (Phi) is 5.27. The van der Waals surface area contributed by atoms with Crippen molar-refractivity contribution in [2.24, 2.45) is 5.10 Å². The molecule has 1 saturated carbocycles. The first-order valence-corrected chi connectivity index (χ1v) is 8.31. The number of nitrogen functional groups attached to an aromatic ring is 1. The third-order valence-corrected chi connectivity index (χ3v) is 4.34. The summed E-state index contributed by atoms with van der Waals surface area (Å²) in [5, 5.41) is 7.16. The van der Waals surface area contributed by atoms with Crippen LogP contribution in [0.15, 0.2) is 47.6 Å². The number of halogens is 2. The van der Waals surface area contributed by atoms with Crippen LogP contribution in [0.4, 0.5) is 14.5 Å². The lowest BCUT2D eigenvalue weighted by Gasteiger charge is -2.06. The van der Waals surface area contributed by atoms with E-state index in [0.717, 1.165) is 23.6 Å². The summed E-state index contributed by atoms with van der Waals surface area (Å²) in [4.78, 5) is 11.9. The zero-order valence-corrected chi connectivity index (χ0v) is 14.3. The Hall–Kier alpha value is -2.80. The minimum atomic E-state index is -0.855. The quantitative estimate of drug-likeness (QED) is 0.422. The number of hydrazone groups is 1. The number of nitrogens with zero attached hydrogens (tertiary/aromatic N) is 1. The lowest BCUT2D eigenvalue weighted by molar-refractivity contribution is -0.120. The number of benzene rings is 2. The van der Waals surface area contributed by atoms with Crippen LogP contribution in [0.2, 0.25) is 0 Å². The van der Waals surface area contributed by atoms with Gasteiger partial charge in [-0.2, -0.15) is 5.10 Å². The van der Waals surface area contributed by atoms with Crippen molar-refractivity contribution < 1.29 is 13.6 Å². The molecular formula is C19H20F2N4O. The zero-order chi connectivity index (χ0) is 18.7. The maximum Gasteiger partial charge on any atom is 0.254 e. The van der Waals surface area contributed by atoms with Crippen LogP contribution >= 0.6 is 0 Å². The van der Waals surface area contributed by atoms with Gasteiger partial charge in [0.05, 0.1) is 12.3 Å². The second-order valence-corrected chi connectivity index (χ2v) is 6.36. The van der Waals surface area contributed by atoms with Gasteiger partial charge < -0.3 is 11.1 Å². The number of carbonyl (C=O) groups is 1.